The maximum absolute atomic E-state index is 14.4. The zero-order valence-corrected chi connectivity index (χ0v) is 16.2. The third-order valence-electron chi connectivity index (χ3n) is 5.08. The maximum Gasteiger partial charge on any atom is 0.199 e. The molecule has 0 aliphatic heterocycles. The van der Waals surface area contributed by atoms with E-state index in [0.29, 0.717) is 5.56 Å². The molecule has 1 N–H and O–H groups in total. The van der Waals surface area contributed by atoms with E-state index in [4.69, 9.17) is 12.2 Å². The van der Waals surface area contributed by atoms with E-state index < -0.39 is 10.7 Å². The van der Waals surface area contributed by atoms with Crippen molar-refractivity contribution < 1.29 is 9.50 Å². The minimum absolute atomic E-state index is 0.0767. The molecule has 1 heterocycles. The lowest BCUT2D eigenvalue weighted by Crippen LogP contribution is -2.34. The average Bonchev–Trinajstić information content (AvgIpc) is 3.13. The van der Waals surface area contributed by atoms with Gasteiger partial charge in [-0.05, 0) is 60.1 Å². The highest BCUT2D eigenvalue weighted by atomic mass is 32.1. The second-order valence-corrected chi connectivity index (χ2v) is 7.26. The summed E-state index contributed by atoms with van der Waals surface area (Å²) in [7, 11) is 0. The quantitative estimate of drug-likeness (QED) is 0.382. The number of para-hydroxylation sites is 1. The number of rotatable bonds is 5. The molecule has 1 atom stereocenters. The predicted octanol–water partition coefficient (Wildman–Crippen LogP) is 5.06. The van der Waals surface area contributed by atoms with Crippen LogP contribution in [0.1, 0.15) is 16.7 Å². The molecule has 4 rings (SSSR count). The van der Waals surface area contributed by atoms with Crippen molar-refractivity contribution in [3.8, 4) is 5.69 Å². The smallest absolute Gasteiger partial charge is 0.199 e. The molecule has 3 aromatic carbocycles. The standard InChI is InChI=1S/C23H19FN2OS/c1-16-7-5-6-8-17(16)14-23(27,22(24)28)19-11-12-21-18(13-19)15-25-26(21)20-9-3-2-4-10-20/h2-13,15,27H,14H2,1H3. The Labute approximate surface area is 168 Å². The van der Waals surface area contributed by atoms with E-state index in [-0.39, 0.29) is 6.42 Å². The Hall–Kier alpha value is -2.89. The lowest BCUT2D eigenvalue weighted by molar-refractivity contribution is 0.104. The minimum Gasteiger partial charge on any atom is -0.377 e. The second-order valence-electron chi connectivity index (χ2n) is 6.90. The fourth-order valence-corrected chi connectivity index (χ4v) is 3.62. The summed E-state index contributed by atoms with van der Waals surface area (Å²) >= 11 is 4.82. The number of aromatic nitrogens is 2. The van der Waals surface area contributed by atoms with Gasteiger partial charge in [0, 0.05) is 11.8 Å². The van der Waals surface area contributed by atoms with Gasteiger partial charge in [0.15, 0.2) is 10.7 Å². The van der Waals surface area contributed by atoms with Gasteiger partial charge in [-0.1, -0.05) is 48.5 Å². The molecule has 0 radical (unpaired) electrons. The molecule has 3 nitrogen and oxygen atoms in total. The third-order valence-corrected chi connectivity index (χ3v) is 5.42. The zero-order chi connectivity index (χ0) is 19.7. The summed E-state index contributed by atoms with van der Waals surface area (Å²) in [5.74, 6) is 0. The Bertz CT molecular complexity index is 1160. The van der Waals surface area contributed by atoms with E-state index in [9.17, 15) is 9.50 Å². The summed E-state index contributed by atoms with van der Waals surface area (Å²) < 4.78 is 16.2. The third kappa shape index (κ3) is 3.23. The molecule has 5 heteroatoms. The predicted molar refractivity (Wildman–Crippen MR) is 114 cm³/mol. The molecule has 0 saturated carbocycles. The molecule has 0 aliphatic carbocycles. The van der Waals surface area contributed by atoms with Crippen molar-refractivity contribution in [3.05, 3.63) is 95.7 Å². The first-order valence-corrected chi connectivity index (χ1v) is 9.40. The van der Waals surface area contributed by atoms with Gasteiger partial charge in [0.1, 0.15) is 0 Å². The summed E-state index contributed by atoms with van der Waals surface area (Å²) in [6.45, 7) is 1.93. The molecule has 0 amide bonds. The summed E-state index contributed by atoms with van der Waals surface area (Å²) in [5, 5.41) is 15.5. The Balaban J connectivity index is 1.78. The topological polar surface area (TPSA) is 38.1 Å². The van der Waals surface area contributed by atoms with Gasteiger partial charge in [-0.2, -0.15) is 9.49 Å². The Morgan fingerprint density at radius 3 is 2.50 bits per heavy atom. The molecule has 1 unspecified atom stereocenters. The number of halogens is 1. The monoisotopic (exact) mass is 390 g/mol. The van der Waals surface area contributed by atoms with E-state index >= 15 is 0 Å². The normalized spacial score (nSPS) is 13.4. The largest absolute Gasteiger partial charge is 0.377 e. The lowest BCUT2D eigenvalue weighted by atomic mass is 9.86. The molecule has 140 valence electrons. The molecule has 0 bridgehead atoms. The Morgan fingerprint density at radius 1 is 1.07 bits per heavy atom. The fraction of sp³-hybridized carbons (Fsp3) is 0.130. The SMILES string of the molecule is Cc1ccccc1CC(O)(C(F)=S)c1ccc2c(cnn2-c2ccccc2)c1. The van der Waals surface area contributed by atoms with Crippen molar-refractivity contribution in [2.45, 2.75) is 18.9 Å². The van der Waals surface area contributed by atoms with Crippen molar-refractivity contribution in [2.24, 2.45) is 0 Å². The van der Waals surface area contributed by atoms with Crippen LogP contribution >= 0.6 is 12.2 Å². The van der Waals surface area contributed by atoms with E-state index in [1.165, 1.54) is 0 Å². The molecule has 1 aromatic heterocycles. The van der Waals surface area contributed by atoms with Crippen LogP contribution in [-0.4, -0.2) is 20.0 Å². The van der Waals surface area contributed by atoms with Crippen LogP contribution in [0.25, 0.3) is 16.6 Å². The molecule has 0 saturated heterocycles. The number of thiocarbonyl (C=S) groups is 1. The minimum atomic E-state index is -1.87. The van der Waals surface area contributed by atoms with Crippen LogP contribution in [0.3, 0.4) is 0 Å². The van der Waals surface area contributed by atoms with Gasteiger partial charge in [0.05, 0.1) is 17.4 Å². The number of hydrogen-bond acceptors (Lipinski definition) is 3. The highest BCUT2D eigenvalue weighted by Gasteiger charge is 2.36. The zero-order valence-electron chi connectivity index (χ0n) is 15.3. The van der Waals surface area contributed by atoms with E-state index in [0.717, 1.165) is 27.7 Å². The molecular formula is C23H19FN2OS. The van der Waals surface area contributed by atoms with Crippen LogP contribution in [0.2, 0.25) is 0 Å². The van der Waals surface area contributed by atoms with Crippen molar-refractivity contribution in [1.82, 2.24) is 9.78 Å². The molecule has 0 spiro atoms. The highest BCUT2D eigenvalue weighted by Crippen LogP contribution is 2.32. The van der Waals surface area contributed by atoms with Gasteiger partial charge in [-0.15, -0.1) is 0 Å². The summed E-state index contributed by atoms with van der Waals surface area (Å²) in [5.41, 5.74) is 2.19. The molecule has 0 aliphatic rings. The van der Waals surface area contributed by atoms with Crippen LogP contribution in [0.4, 0.5) is 4.39 Å². The van der Waals surface area contributed by atoms with E-state index in [2.05, 4.69) is 5.10 Å². The Kier molecular flexibility index (Phi) is 4.79. The average molecular weight is 390 g/mol. The number of aliphatic hydroxyl groups is 1. The summed E-state index contributed by atoms with van der Waals surface area (Å²) in [6, 6.07) is 22.7. The van der Waals surface area contributed by atoms with Gasteiger partial charge >= 0.3 is 0 Å². The molecule has 28 heavy (non-hydrogen) atoms. The Morgan fingerprint density at radius 2 is 1.79 bits per heavy atom. The van der Waals surface area contributed by atoms with Crippen molar-refractivity contribution in [2.75, 3.05) is 0 Å². The lowest BCUT2D eigenvalue weighted by Gasteiger charge is -2.26. The first-order valence-electron chi connectivity index (χ1n) is 8.99. The van der Waals surface area contributed by atoms with Crippen molar-refractivity contribution in [1.29, 1.82) is 0 Å². The molecule has 4 aromatic rings. The number of hydrogen-bond donors (Lipinski definition) is 1. The first kappa shape index (κ1) is 18.5. The number of benzene rings is 3. The molecule has 0 fully saturated rings. The fourth-order valence-electron chi connectivity index (χ4n) is 3.43. The summed E-state index contributed by atoms with van der Waals surface area (Å²) in [6.07, 6.45) is 1.79. The van der Waals surface area contributed by atoms with E-state index in [1.54, 1.807) is 18.3 Å². The van der Waals surface area contributed by atoms with Crippen molar-refractivity contribution in [3.63, 3.8) is 0 Å². The summed E-state index contributed by atoms with van der Waals surface area (Å²) in [4.78, 5) is 0. The van der Waals surface area contributed by atoms with Crippen LogP contribution in [0, 0.1) is 6.92 Å². The van der Waals surface area contributed by atoms with Gasteiger partial charge in [0.2, 0.25) is 0 Å². The van der Waals surface area contributed by atoms with Crippen LogP contribution in [0.15, 0.2) is 79.0 Å². The van der Waals surface area contributed by atoms with Crippen LogP contribution in [0.5, 0.6) is 0 Å². The van der Waals surface area contributed by atoms with Crippen LogP contribution in [-0.2, 0) is 12.0 Å². The van der Waals surface area contributed by atoms with Gasteiger partial charge in [-0.3, -0.25) is 0 Å². The van der Waals surface area contributed by atoms with Crippen molar-refractivity contribution >= 4 is 28.2 Å². The van der Waals surface area contributed by atoms with Gasteiger partial charge in [0.25, 0.3) is 0 Å². The number of fused-ring (bicyclic) bond motifs is 1. The van der Waals surface area contributed by atoms with Crippen LogP contribution < -0.4 is 0 Å². The van der Waals surface area contributed by atoms with Gasteiger partial charge in [-0.25, -0.2) is 4.68 Å². The maximum atomic E-state index is 14.4. The first-order chi connectivity index (χ1) is 13.5. The highest BCUT2D eigenvalue weighted by molar-refractivity contribution is 7.80. The molecular weight excluding hydrogens is 371 g/mol. The number of nitrogens with zero attached hydrogens (tertiary/aromatic N) is 2. The van der Waals surface area contributed by atoms with Gasteiger partial charge < -0.3 is 5.11 Å². The second kappa shape index (κ2) is 7.26. The van der Waals surface area contributed by atoms with E-state index in [1.807, 2.05) is 72.3 Å². The number of aryl methyl sites for hydroxylation is 1.